The first-order chi connectivity index (χ1) is 12.3. The van der Waals surface area contributed by atoms with Crippen LogP contribution in [0.2, 0.25) is 5.15 Å². The van der Waals surface area contributed by atoms with Gasteiger partial charge in [-0.25, -0.2) is 14.8 Å². The van der Waals surface area contributed by atoms with E-state index in [1.807, 2.05) is 32.0 Å². The number of aryl methyl sites for hydroxylation is 1. The van der Waals surface area contributed by atoms with Gasteiger partial charge >= 0.3 is 6.09 Å². The molecule has 5 N–H and O–H groups in total. The molecule has 0 aliphatic heterocycles. The Morgan fingerprint density at radius 3 is 2.65 bits per heavy atom. The van der Waals surface area contributed by atoms with E-state index in [0.717, 1.165) is 5.56 Å². The normalized spacial score (nSPS) is 11.7. The van der Waals surface area contributed by atoms with E-state index in [-0.39, 0.29) is 29.2 Å². The summed E-state index contributed by atoms with van der Waals surface area (Å²) in [6.07, 6.45) is -0.294. The zero-order chi connectivity index (χ0) is 19.3. The monoisotopic (exact) mass is 377 g/mol. The summed E-state index contributed by atoms with van der Waals surface area (Å²) in [4.78, 5) is 30.8. The predicted octanol–water partition coefficient (Wildman–Crippen LogP) is 2.73. The van der Waals surface area contributed by atoms with Gasteiger partial charge in [0.15, 0.2) is 16.7 Å². The van der Waals surface area contributed by atoms with E-state index in [9.17, 15) is 9.59 Å². The lowest BCUT2D eigenvalue weighted by atomic mass is 10.0. The molecule has 1 atom stereocenters. The van der Waals surface area contributed by atoms with Gasteiger partial charge in [0.25, 0.3) is 5.91 Å². The second kappa shape index (κ2) is 8.48. The molecule has 8 nitrogen and oxygen atoms in total. The zero-order valence-electron chi connectivity index (χ0n) is 14.5. The average molecular weight is 378 g/mol. The van der Waals surface area contributed by atoms with Crippen LogP contribution < -0.4 is 16.8 Å². The van der Waals surface area contributed by atoms with Crippen molar-refractivity contribution < 1.29 is 14.3 Å². The smallest absolute Gasteiger partial charge is 0.404 e. The number of nitrogens with one attached hydrogen (secondary N) is 1. The van der Waals surface area contributed by atoms with Crippen molar-refractivity contribution in [2.24, 2.45) is 11.5 Å². The molecule has 1 aromatic heterocycles. The van der Waals surface area contributed by atoms with Crippen molar-refractivity contribution in [2.45, 2.75) is 26.2 Å². The summed E-state index contributed by atoms with van der Waals surface area (Å²) in [6, 6.07) is 7.33. The number of hydrogen-bond acceptors (Lipinski definition) is 6. The van der Waals surface area contributed by atoms with Gasteiger partial charge in [0.2, 0.25) is 0 Å². The molecule has 0 aliphatic rings. The predicted molar refractivity (Wildman–Crippen MR) is 98.6 cm³/mol. The van der Waals surface area contributed by atoms with Gasteiger partial charge in [-0.05, 0) is 24.1 Å². The Morgan fingerprint density at radius 2 is 2.04 bits per heavy atom. The van der Waals surface area contributed by atoms with Gasteiger partial charge in [-0.15, -0.1) is 0 Å². The van der Waals surface area contributed by atoms with Gasteiger partial charge in [0.1, 0.15) is 0 Å². The standard InChI is InChI=1S/C17H20ClN5O3/c1-3-12-14(18)23-16(13(22-12)15(19)24)21-11-6-4-5-10(7-11)9(2)8-26-17(20)25/h4-7,9H,3,8H2,1-2H3,(H2,19,24)(H2,20,25)(H,21,23). The molecule has 0 bridgehead atoms. The van der Waals surface area contributed by atoms with Crippen LogP contribution >= 0.6 is 11.6 Å². The van der Waals surface area contributed by atoms with Crippen molar-refractivity contribution in [1.82, 2.24) is 9.97 Å². The molecule has 0 saturated heterocycles. The average Bonchev–Trinajstić information content (AvgIpc) is 2.59. The summed E-state index contributed by atoms with van der Waals surface area (Å²) in [5.41, 5.74) is 12.5. The van der Waals surface area contributed by atoms with Crippen LogP contribution in [0.3, 0.4) is 0 Å². The van der Waals surface area contributed by atoms with Crippen LogP contribution in [0, 0.1) is 0 Å². The van der Waals surface area contributed by atoms with Crippen LogP contribution in [0.4, 0.5) is 16.3 Å². The van der Waals surface area contributed by atoms with Gasteiger partial charge in [-0.1, -0.05) is 37.6 Å². The molecule has 2 amide bonds. The van der Waals surface area contributed by atoms with Crippen molar-refractivity contribution in [1.29, 1.82) is 0 Å². The Balaban J connectivity index is 2.28. The fourth-order valence-corrected chi connectivity index (χ4v) is 2.56. The number of aromatic nitrogens is 2. The third-order valence-corrected chi connectivity index (χ3v) is 3.98. The summed E-state index contributed by atoms with van der Waals surface area (Å²) < 4.78 is 4.83. The number of ether oxygens (including phenoxy) is 1. The number of nitrogens with two attached hydrogens (primary N) is 2. The molecule has 2 rings (SSSR count). The summed E-state index contributed by atoms with van der Waals surface area (Å²) in [7, 11) is 0. The molecule has 0 fully saturated rings. The molecule has 138 valence electrons. The topological polar surface area (TPSA) is 133 Å². The first-order valence-electron chi connectivity index (χ1n) is 7.97. The highest BCUT2D eigenvalue weighted by Crippen LogP contribution is 2.25. The van der Waals surface area contributed by atoms with Crippen molar-refractivity contribution in [2.75, 3.05) is 11.9 Å². The number of anilines is 2. The van der Waals surface area contributed by atoms with E-state index in [2.05, 4.69) is 15.3 Å². The number of amides is 2. The van der Waals surface area contributed by atoms with Gasteiger partial charge in [0.05, 0.1) is 12.3 Å². The molecular weight excluding hydrogens is 358 g/mol. The summed E-state index contributed by atoms with van der Waals surface area (Å²) >= 11 is 6.10. The van der Waals surface area contributed by atoms with E-state index >= 15 is 0 Å². The van der Waals surface area contributed by atoms with Crippen molar-refractivity contribution >= 4 is 35.1 Å². The van der Waals surface area contributed by atoms with Crippen LogP contribution in [-0.2, 0) is 11.2 Å². The fraction of sp³-hybridized carbons (Fsp3) is 0.294. The quantitative estimate of drug-likeness (QED) is 0.679. The Hall–Kier alpha value is -2.87. The summed E-state index contributed by atoms with van der Waals surface area (Å²) in [6.45, 7) is 3.90. The number of primary amides is 2. The molecule has 1 heterocycles. The Kier molecular flexibility index (Phi) is 6.35. The summed E-state index contributed by atoms with van der Waals surface area (Å²) in [5, 5.41) is 3.22. The molecule has 2 aromatic rings. The van der Waals surface area contributed by atoms with E-state index in [0.29, 0.717) is 17.8 Å². The molecule has 26 heavy (non-hydrogen) atoms. The van der Waals surface area contributed by atoms with Gasteiger partial charge < -0.3 is 21.5 Å². The van der Waals surface area contributed by atoms with E-state index in [4.69, 9.17) is 27.8 Å². The van der Waals surface area contributed by atoms with Gasteiger partial charge in [-0.3, -0.25) is 4.79 Å². The minimum Gasteiger partial charge on any atom is -0.449 e. The number of rotatable bonds is 7. The van der Waals surface area contributed by atoms with Gasteiger partial charge in [0, 0.05) is 11.6 Å². The number of nitrogens with zero attached hydrogens (tertiary/aromatic N) is 2. The lowest BCUT2D eigenvalue weighted by Gasteiger charge is -2.15. The molecule has 0 radical (unpaired) electrons. The first kappa shape index (κ1) is 19.5. The third-order valence-electron chi connectivity index (χ3n) is 3.68. The first-order valence-corrected chi connectivity index (χ1v) is 8.35. The molecule has 1 unspecified atom stereocenters. The Morgan fingerprint density at radius 1 is 1.31 bits per heavy atom. The molecular formula is C17H20ClN5O3. The molecule has 1 aromatic carbocycles. The van der Waals surface area contributed by atoms with Crippen LogP contribution in [0.15, 0.2) is 24.3 Å². The number of carbonyl (C=O) groups is 2. The highest BCUT2D eigenvalue weighted by Gasteiger charge is 2.17. The SMILES string of the molecule is CCc1nc(C(N)=O)c(Nc2cccc(C(C)COC(N)=O)c2)nc1Cl. The Bertz CT molecular complexity index is 828. The highest BCUT2D eigenvalue weighted by molar-refractivity contribution is 6.30. The van der Waals surface area contributed by atoms with Crippen molar-refractivity contribution in [3.63, 3.8) is 0 Å². The highest BCUT2D eigenvalue weighted by atomic mass is 35.5. The van der Waals surface area contributed by atoms with Crippen LogP contribution in [0.25, 0.3) is 0 Å². The number of carbonyl (C=O) groups excluding carboxylic acids is 2. The second-order valence-electron chi connectivity index (χ2n) is 5.66. The van der Waals surface area contributed by atoms with E-state index in [1.54, 1.807) is 6.07 Å². The fourth-order valence-electron chi connectivity index (χ4n) is 2.30. The third kappa shape index (κ3) is 4.82. The van der Waals surface area contributed by atoms with Crippen LogP contribution in [0.5, 0.6) is 0 Å². The minimum atomic E-state index is -0.821. The minimum absolute atomic E-state index is 0.0155. The lowest BCUT2D eigenvalue weighted by molar-refractivity contribution is 0.0996. The molecule has 0 aliphatic carbocycles. The molecule has 9 heteroatoms. The van der Waals surface area contributed by atoms with Crippen molar-refractivity contribution in [3.8, 4) is 0 Å². The maximum Gasteiger partial charge on any atom is 0.404 e. The maximum atomic E-state index is 11.7. The van der Waals surface area contributed by atoms with Crippen LogP contribution in [-0.4, -0.2) is 28.6 Å². The van der Waals surface area contributed by atoms with E-state index in [1.165, 1.54) is 0 Å². The number of benzene rings is 1. The lowest BCUT2D eigenvalue weighted by Crippen LogP contribution is -2.18. The second-order valence-corrected chi connectivity index (χ2v) is 6.02. The molecule has 0 saturated carbocycles. The summed E-state index contributed by atoms with van der Waals surface area (Å²) in [5.74, 6) is -0.597. The number of hydrogen-bond donors (Lipinski definition) is 3. The van der Waals surface area contributed by atoms with E-state index < -0.39 is 12.0 Å². The largest absolute Gasteiger partial charge is 0.449 e. The number of halogens is 1. The van der Waals surface area contributed by atoms with Gasteiger partial charge in [-0.2, -0.15) is 0 Å². The van der Waals surface area contributed by atoms with Crippen molar-refractivity contribution in [3.05, 3.63) is 46.4 Å². The van der Waals surface area contributed by atoms with Crippen LogP contribution in [0.1, 0.15) is 41.5 Å². The zero-order valence-corrected chi connectivity index (χ0v) is 15.2. The molecule has 0 spiro atoms. The Labute approximate surface area is 155 Å². The maximum absolute atomic E-state index is 11.7.